The smallest absolute Gasteiger partial charge is 0.259 e. The zero-order chi connectivity index (χ0) is 12.4. The molecule has 1 N–H and O–H groups in total. The molecule has 0 aromatic carbocycles. The number of aryl methyl sites for hydroxylation is 1. The molecule has 0 bridgehead atoms. The van der Waals surface area contributed by atoms with E-state index in [1.165, 1.54) is 11.3 Å². The van der Waals surface area contributed by atoms with Gasteiger partial charge in [-0.25, -0.2) is 0 Å². The summed E-state index contributed by atoms with van der Waals surface area (Å²) >= 11 is 7.68. The molecule has 0 aliphatic carbocycles. The Hall–Kier alpha value is -0.910. The molecule has 0 amide bonds. The molecular formula is C11H14ClN3OS. The van der Waals surface area contributed by atoms with Crippen molar-refractivity contribution in [2.24, 2.45) is 0 Å². The summed E-state index contributed by atoms with van der Waals surface area (Å²) in [5.74, 6) is 1.08. The number of nitrogens with zero attached hydrogens (tertiary/aromatic N) is 2. The van der Waals surface area contributed by atoms with Gasteiger partial charge < -0.3 is 9.73 Å². The number of halogens is 1. The lowest BCUT2D eigenvalue weighted by molar-refractivity contribution is 0.429. The van der Waals surface area contributed by atoms with Crippen LogP contribution in [0.3, 0.4) is 0 Å². The molecule has 0 aliphatic heterocycles. The van der Waals surface area contributed by atoms with Crippen LogP contribution in [0, 0.1) is 6.92 Å². The summed E-state index contributed by atoms with van der Waals surface area (Å²) in [6.07, 6.45) is 0. The molecule has 1 unspecified atom stereocenters. The van der Waals surface area contributed by atoms with Gasteiger partial charge in [0.05, 0.1) is 11.1 Å². The van der Waals surface area contributed by atoms with Crippen LogP contribution in [0.15, 0.2) is 9.80 Å². The minimum atomic E-state index is 0.0566. The van der Waals surface area contributed by atoms with Crippen molar-refractivity contribution in [1.82, 2.24) is 15.5 Å². The Morgan fingerprint density at radius 1 is 1.53 bits per heavy atom. The molecule has 0 spiro atoms. The molecule has 0 saturated heterocycles. The van der Waals surface area contributed by atoms with E-state index in [9.17, 15) is 0 Å². The van der Waals surface area contributed by atoms with Crippen molar-refractivity contribution >= 4 is 22.9 Å². The Bertz CT molecular complexity index is 509. The lowest BCUT2D eigenvalue weighted by atomic mass is 10.3. The lowest BCUT2D eigenvalue weighted by Crippen LogP contribution is -2.17. The molecule has 2 rings (SSSR count). The van der Waals surface area contributed by atoms with Crippen LogP contribution in [0.4, 0.5) is 0 Å². The number of thiophene rings is 1. The molecule has 2 heterocycles. The molecule has 17 heavy (non-hydrogen) atoms. The van der Waals surface area contributed by atoms with Crippen molar-refractivity contribution in [3.8, 4) is 10.8 Å². The molecular weight excluding hydrogens is 258 g/mol. The predicted octanol–water partition coefficient (Wildman–Crippen LogP) is 3.43. The van der Waals surface area contributed by atoms with Crippen LogP contribution < -0.4 is 5.32 Å². The first-order valence-corrected chi connectivity index (χ1v) is 6.70. The molecule has 0 fully saturated rings. The van der Waals surface area contributed by atoms with Crippen LogP contribution in [0.2, 0.25) is 5.02 Å². The van der Waals surface area contributed by atoms with Gasteiger partial charge in [-0.05, 0) is 31.3 Å². The molecule has 4 nitrogen and oxygen atoms in total. The first kappa shape index (κ1) is 12.5. The molecule has 2 aromatic heterocycles. The van der Waals surface area contributed by atoms with Crippen LogP contribution in [-0.2, 0) is 0 Å². The number of rotatable bonds is 4. The summed E-state index contributed by atoms with van der Waals surface area (Å²) in [4.78, 5) is 0.839. The third kappa shape index (κ3) is 2.51. The van der Waals surface area contributed by atoms with E-state index in [1.54, 1.807) is 0 Å². The average Bonchev–Trinajstić information content (AvgIpc) is 2.88. The van der Waals surface area contributed by atoms with Crippen LogP contribution in [0.25, 0.3) is 10.8 Å². The van der Waals surface area contributed by atoms with Gasteiger partial charge >= 0.3 is 0 Å². The Labute approximate surface area is 109 Å². The molecule has 0 aliphatic rings. The van der Waals surface area contributed by atoms with Crippen LogP contribution in [0.5, 0.6) is 0 Å². The van der Waals surface area contributed by atoms with E-state index >= 15 is 0 Å². The quantitative estimate of drug-likeness (QED) is 0.926. The monoisotopic (exact) mass is 271 g/mol. The summed E-state index contributed by atoms with van der Waals surface area (Å²) in [5.41, 5.74) is 1.03. The number of hydrogen-bond donors (Lipinski definition) is 1. The van der Waals surface area contributed by atoms with E-state index in [4.69, 9.17) is 16.0 Å². The maximum Gasteiger partial charge on any atom is 0.259 e. The van der Waals surface area contributed by atoms with Crippen molar-refractivity contribution in [2.75, 3.05) is 6.54 Å². The highest BCUT2D eigenvalue weighted by molar-refractivity contribution is 7.14. The van der Waals surface area contributed by atoms with Gasteiger partial charge in [0.25, 0.3) is 5.89 Å². The molecule has 6 heteroatoms. The highest BCUT2D eigenvalue weighted by atomic mass is 35.5. The molecule has 92 valence electrons. The molecule has 0 saturated carbocycles. The fourth-order valence-corrected chi connectivity index (χ4v) is 2.66. The van der Waals surface area contributed by atoms with E-state index < -0.39 is 0 Å². The minimum Gasteiger partial charge on any atom is -0.418 e. The molecule has 1 atom stereocenters. The maximum absolute atomic E-state index is 6.16. The summed E-state index contributed by atoms with van der Waals surface area (Å²) in [7, 11) is 0. The fraction of sp³-hybridized carbons (Fsp3) is 0.455. The second-order valence-electron chi connectivity index (χ2n) is 3.79. The van der Waals surface area contributed by atoms with Gasteiger partial charge in [-0.3, -0.25) is 0 Å². The summed E-state index contributed by atoms with van der Waals surface area (Å²) < 4.78 is 5.62. The van der Waals surface area contributed by atoms with Crippen molar-refractivity contribution in [2.45, 2.75) is 26.8 Å². The third-order valence-corrected chi connectivity index (χ3v) is 4.10. The van der Waals surface area contributed by atoms with Gasteiger partial charge in [-0.2, -0.15) is 0 Å². The average molecular weight is 272 g/mol. The van der Waals surface area contributed by atoms with Gasteiger partial charge in [0, 0.05) is 0 Å². The normalized spacial score (nSPS) is 12.9. The van der Waals surface area contributed by atoms with Gasteiger partial charge in [0.1, 0.15) is 4.88 Å². The Morgan fingerprint density at radius 3 is 2.88 bits per heavy atom. The first-order valence-electron chi connectivity index (χ1n) is 5.44. The molecule has 2 aromatic rings. The van der Waals surface area contributed by atoms with Gasteiger partial charge in [0.2, 0.25) is 5.89 Å². The van der Waals surface area contributed by atoms with Crippen LogP contribution >= 0.6 is 22.9 Å². The third-order valence-electron chi connectivity index (χ3n) is 2.41. The standard InChI is InChI=1S/C11H14ClN3OS/c1-4-13-7(3)10-14-15-11(16-10)9-8(12)6(2)5-17-9/h5,7,13H,4H2,1-3H3. The Kier molecular flexibility index (Phi) is 3.81. The number of nitrogens with one attached hydrogen (secondary N) is 1. The highest BCUT2D eigenvalue weighted by Crippen LogP contribution is 2.35. The van der Waals surface area contributed by atoms with Crippen LogP contribution in [-0.4, -0.2) is 16.7 Å². The van der Waals surface area contributed by atoms with Crippen molar-refractivity contribution < 1.29 is 4.42 Å². The zero-order valence-electron chi connectivity index (χ0n) is 9.95. The predicted molar refractivity (Wildman–Crippen MR) is 69.4 cm³/mol. The van der Waals surface area contributed by atoms with E-state index in [0.717, 1.165) is 17.0 Å². The van der Waals surface area contributed by atoms with Gasteiger partial charge in [0.15, 0.2) is 0 Å². The summed E-state index contributed by atoms with van der Waals surface area (Å²) in [6.45, 7) is 6.84. The van der Waals surface area contributed by atoms with Crippen molar-refractivity contribution in [3.63, 3.8) is 0 Å². The lowest BCUT2D eigenvalue weighted by Gasteiger charge is -2.05. The summed E-state index contributed by atoms with van der Waals surface area (Å²) in [5, 5.41) is 14.0. The largest absolute Gasteiger partial charge is 0.418 e. The minimum absolute atomic E-state index is 0.0566. The Morgan fingerprint density at radius 2 is 2.29 bits per heavy atom. The maximum atomic E-state index is 6.16. The zero-order valence-corrected chi connectivity index (χ0v) is 11.5. The van der Waals surface area contributed by atoms with E-state index in [1.807, 2.05) is 26.2 Å². The van der Waals surface area contributed by atoms with E-state index in [-0.39, 0.29) is 6.04 Å². The van der Waals surface area contributed by atoms with Crippen molar-refractivity contribution in [3.05, 3.63) is 21.9 Å². The topological polar surface area (TPSA) is 51.0 Å². The number of aromatic nitrogens is 2. The van der Waals surface area contributed by atoms with E-state index in [2.05, 4.69) is 15.5 Å². The van der Waals surface area contributed by atoms with Crippen LogP contribution in [0.1, 0.15) is 31.3 Å². The van der Waals surface area contributed by atoms with Crippen molar-refractivity contribution in [1.29, 1.82) is 0 Å². The Balaban J connectivity index is 2.27. The first-order chi connectivity index (χ1) is 8.13. The molecule has 0 radical (unpaired) electrons. The second kappa shape index (κ2) is 5.16. The van der Waals surface area contributed by atoms with E-state index in [0.29, 0.717) is 16.8 Å². The number of hydrogen-bond acceptors (Lipinski definition) is 5. The fourth-order valence-electron chi connectivity index (χ4n) is 1.47. The van der Waals surface area contributed by atoms with Gasteiger partial charge in [-0.15, -0.1) is 21.5 Å². The highest BCUT2D eigenvalue weighted by Gasteiger charge is 2.17. The second-order valence-corrected chi connectivity index (χ2v) is 5.04. The summed E-state index contributed by atoms with van der Waals surface area (Å²) in [6, 6.07) is 0.0566. The van der Waals surface area contributed by atoms with Gasteiger partial charge in [-0.1, -0.05) is 18.5 Å². The SMILES string of the molecule is CCNC(C)c1nnc(-c2scc(C)c2Cl)o1.